The summed E-state index contributed by atoms with van der Waals surface area (Å²) in [5.74, 6) is 1.81. The Morgan fingerprint density at radius 1 is 0.889 bits per heavy atom. The van der Waals surface area contributed by atoms with Gasteiger partial charge in [-0.3, -0.25) is 0 Å². The Balaban J connectivity index is 1.64. The normalized spacial score (nSPS) is 38.3. The van der Waals surface area contributed by atoms with Crippen molar-refractivity contribution >= 4 is 0 Å². The molecule has 0 spiro atoms. The predicted molar refractivity (Wildman–Crippen MR) is 76.6 cm³/mol. The molecular formula is C16H31NO. The van der Waals surface area contributed by atoms with Crippen LogP contribution in [-0.2, 0) is 0 Å². The Bertz CT molecular complexity index is 223. The number of aliphatic hydroxyl groups is 1. The largest absolute Gasteiger partial charge is 0.393 e. The molecule has 0 amide bonds. The van der Waals surface area contributed by atoms with E-state index in [0.29, 0.717) is 0 Å². The highest BCUT2D eigenvalue weighted by molar-refractivity contribution is 4.78. The number of nitrogens with one attached hydrogen (secondary N) is 1. The van der Waals surface area contributed by atoms with Crippen LogP contribution in [0.1, 0.15) is 71.1 Å². The van der Waals surface area contributed by atoms with Crippen LogP contribution in [-0.4, -0.2) is 23.8 Å². The molecule has 0 aliphatic heterocycles. The van der Waals surface area contributed by atoms with Crippen LogP contribution in [0.25, 0.3) is 0 Å². The van der Waals surface area contributed by atoms with Gasteiger partial charge in [0.15, 0.2) is 0 Å². The molecule has 2 aliphatic carbocycles. The van der Waals surface area contributed by atoms with E-state index in [1.807, 2.05) is 0 Å². The van der Waals surface area contributed by atoms with Gasteiger partial charge in [-0.1, -0.05) is 26.2 Å². The third kappa shape index (κ3) is 4.55. The van der Waals surface area contributed by atoms with Crippen LogP contribution in [0, 0.1) is 11.8 Å². The molecule has 2 heteroatoms. The van der Waals surface area contributed by atoms with Gasteiger partial charge in [0, 0.05) is 6.04 Å². The summed E-state index contributed by atoms with van der Waals surface area (Å²) in [7, 11) is 0. The summed E-state index contributed by atoms with van der Waals surface area (Å²) < 4.78 is 0. The van der Waals surface area contributed by atoms with E-state index in [4.69, 9.17) is 0 Å². The van der Waals surface area contributed by atoms with E-state index in [-0.39, 0.29) is 6.10 Å². The second-order valence-corrected chi connectivity index (χ2v) is 6.56. The van der Waals surface area contributed by atoms with Gasteiger partial charge in [0.05, 0.1) is 6.10 Å². The maximum atomic E-state index is 9.52. The Kier molecular flexibility index (Phi) is 5.97. The minimum atomic E-state index is -0.00978. The molecule has 18 heavy (non-hydrogen) atoms. The Labute approximate surface area is 113 Å². The molecule has 2 atom stereocenters. The van der Waals surface area contributed by atoms with Gasteiger partial charge in [0.25, 0.3) is 0 Å². The van der Waals surface area contributed by atoms with Gasteiger partial charge >= 0.3 is 0 Å². The second kappa shape index (κ2) is 7.49. The summed E-state index contributed by atoms with van der Waals surface area (Å²) in [6, 6.07) is 0.772. The third-order valence-electron chi connectivity index (χ3n) is 5.18. The van der Waals surface area contributed by atoms with Gasteiger partial charge in [-0.15, -0.1) is 0 Å². The van der Waals surface area contributed by atoms with E-state index in [2.05, 4.69) is 12.2 Å². The molecule has 0 bridgehead atoms. The molecule has 2 nitrogen and oxygen atoms in total. The van der Waals surface area contributed by atoms with Gasteiger partial charge in [0.2, 0.25) is 0 Å². The molecule has 2 aliphatic rings. The molecule has 0 aromatic heterocycles. The van der Waals surface area contributed by atoms with Crippen molar-refractivity contribution in [3.05, 3.63) is 0 Å². The van der Waals surface area contributed by atoms with Gasteiger partial charge in [0.1, 0.15) is 0 Å². The van der Waals surface area contributed by atoms with Crippen LogP contribution in [0.15, 0.2) is 0 Å². The molecule has 2 N–H and O–H groups in total. The first-order valence-corrected chi connectivity index (χ1v) is 8.19. The summed E-state index contributed by atoms with van der Waals surface area (Å²) in [4.78, 5) is 0. The smallest absolute Gasteiger partial charge is 0.0540 e. The minimum Gasteiger partial charge on any atom is -0.393 e. The average molecular weight is 253 g/mol. The molecule has 0 aromatic carbocycles. The molecule has 2 saturated carbocycles. The van der Waals surface area contributed by atoms with Crippen LogP contribution >= 0.6 is 0 Å². The lowest BCUT2D eigenvalue weighted by Gasteiger charge is -2.27. The minimum absolute atomic E-state index is 0.00978. The number of rotatable bonds is 4. The third-order valence-corrected chi connectivity index (χ3v) is 5.18. The first-order valence-electron chi connectivity index (χ1n) is 8.19. The van der Waals surface area contributed by atoms with Gasteiger partial charge < -0.3 is 10.4 Å². The quantitative estimate of drug-likeness (QED) is 0.752. The fourth-order valence-corrected chi connectivity index (χ4v) is 3.67. The van der Waals surface area contributed by atoms with Crippen molar-refractivity contribution in [2.75, 3.05) is 6.54 Å². The van der Waals surface area contributed by atoms with Crippen LogP contribution in [0.5, 0.6) is 0 Å². The fourth-order valence-electron chi connectivity index (χ4n) is 3.67. The van der Waals surface area contributed by atoms with Crippen molar-refractivity contribution < 1.29 is 5.11 Å². The first-order chi connectivity index (χ1) is 8.78. The highest BCUT2D eigenvalue weighted by Gasteiger charge is 2.21. The summed E-state index contributed by atoms with van der Waals surface area (Å²) >= 11 is 0. The van der Waals surface area contributed by atoms with E-state index < -0.39 is 0 Å². The SMILES string of the molecule is CCC1CCCC(NCC2CCC(O)CC2)CC1. The van der Waals surface area contributed by atoms with E-state index in [1.165, 1.54) is 57.9 Å². The summed E-state index contributed by atoms with van der Waals surface area (Å²) in [6.07, 6.45) is 12.9. The Morgan fingerprint density at radius 3 is 2.33 bits per heavy atom. The fraction of sp³-hybridized carbons (Fsp3) is 1.00. The maximum Gasteiger partial charge on any atom is 0.0540 e. The van der Waals surface area contributed by atoms with Crippen molar-refractivity contribution in [1.82, 2.24) is 5.32 Å². The monoisotopic (exact) mass is 253 g/mol. The van der Waals surface area contributed by atoms with E-state index in [9.17, 15) is 5.11 Å². The lowest BCUT2D eigenvalue weighted by molar-refractivity contribution is 0.107. The van der Waals surface area contributed by atoms with Gasteiger partial charge in [-0.2, -0.15) is 0 Å². The molecular weight excluding hydrogens is 222 g/mol. The lowest BCUT2D eigenvalue weighted by atomic mass is 9.87. The molecule has 106 valence electrons. The van der Waals surface area contributed by atoms with Crippen LogP contribution in [0.4, 0.5) is 0 Å². The standard InChI is InChI=1S/C16H31NO/c1-2-13-4-3-5-15(9-6-13)17-12-14-7-10-16(18)11-8-14/h13-18H,2-12H2,1H3. The number of hydrogen-bond acceptors (Lipinski definition) is 2. The van der Waals surface area contributed by atoms with E-state index in [1.54, 1.807) is 0 Å². The number of hydrogen-bond donors (Lipinski definition) is 2. The molecule has 2 rings (SSSR count). The molecule has 0 saturated heterocycles. The van der Waals surface area contributed by atoms with Crippen molar-refractivity contribution in [2.24, 2.45) is 11.8 Å². The van der Waals surface area contributed by atoms with E-state index in [0.717, 1.165) is 30.7 Å². The average Bonchev–Trinajstić information content (AvgIpc) is 2.63. The topological polar surface area (TPSA) is 32.3 Å². The molecule has 2 fully saturated rings. The zero-order chi connectivity index (χ0) is 12.8. The predicted octanol–water partition coefficient (Wildman–Crippen LogP) is 3.49. The van der Waals surface area contributed by atoms with Crippen LogP contribution in [0.2, 0.25) is 0 Å². The summed E-state index contributed by atoms with van der Waals surface area (Å²) in [5.41, 5.74) is 0. The van der Waals surface area contributed by atoms with Crippen molar-refractivity contribution in [3.8, 4) is 0 Å². The van der Waals surface area contributed by atoms with Crippen molar-refractivity contribution in [1.29, 1.82) is 0 Å². The molecule has 0 heterocycles. The Hall–Kier alpha value is -0.0800. The zero-order valence-electron chi connectivity index (χ0n) is 12.0. The van der Waals surface area contributed by atoms with Gasteiger partial charge in [-0.05, 0) is 63.3 Å². The summed E-state index contributed by atoms with van der Waals surface area (Å²) in [5, 5.41) is 13.3. The first kappa shape index (κ1) is 14.3. The van der Waals surface area contributed by atoms with Crippen molar-refractivity contribution in [3.63, 3.8) is 0 Å². The second-order valence-electron chi connectivity index (χ2n) is 6.56. The lowest BCUT2D eigenvalue weighted by Crippen LogP contribution is -2.35. The highest BCUT2D eigenvalue weighted by atomic mass is 16.3. The zero-order valence-corrected chi connectivity index (χ0v) is 12.0. The highest BCUT2D eigenvalue weighted by Crippen LogP contribution is 2.27. The van der Waals surface area contributed by atoms with E-state index >= 15 is 0 Å². The number of aliphatic hydroxyl groups excluding tert-OH is 1. The van der Waals surface area contributed by atoms with Crippen LogP contribution in [0.3, 0.4) is 0 Å². The summed E-state index contributed by atoms with van der Waals surface area (Å²) in [6.45, 7) is 3.53. The molecule has 2 unspecified atom stereocenters. The Morgan fingerprint density at radius 2 is 1.61 bits per heavy atom. The van der Waals surface area contributed by atoms with Gasteiger partial charge in [-0.25, -0.2) is 0 Å². The molecule has 0 radical (unpaired) electrons. The maximum absolute atomic E-state index is 9.52. The van der Waals surface area contributed by atoms with Crippen molar-refractivity contribution in [2.45, 2.75) is 83.3 Å². The molecule has 0 aromatic rings. The van der Waals surface area contributed by atoms with Crippen LogP contribution < -0.4 is 5.32 Å².